The number of fused-ring (bicyclic) bond motifs is 2. The standard InChI is InChI=1S/C26H31N.C24H25NO.3C24H27N/c1-4-5-6-7-8-23-13-19-26(20-14-23)27(24-15-9-21(2)10-16-24)25-17-11-22(3)12-18-25;1-4-5-6-19-9-11-20(12-10-19)25-21-13-7-17(2)15-23(21)26-24-16-18(3)8-14-22(24)25;1-18-6-12-21(13-7-18)25(22-14-8-19(2)9-15-22)23-16-10-20(11-17-23)24(3,4)5;1-5-20(4)21-10-16-24(17-11-21)25(22-12-6-18(2)7-13-22)23-14-8-19(3)9-15-23;1-4-5-6-21-11-17-24(18-12-21)25(22-13-7-19(2)8-14-22)23-15-9-20(3)10-16-23/h9-20H,4-8H2,1-3H3;7-16H,4-6H2,1-3H3;6-17H,1-5H3;6-17,20H,5H2,1-4H3;7-18H,4-6H2,1-3H3. The van der Waals surface area contributed by atoms with E-state index in [4.69, 9.17) is 4.74 Å². The second kappa shape index (κ2) is 46.0. The Morgan fingerprint density at radius 3 is 0.727 bits per heavy atom. The molecule has 0 saturated carbocycles. The van der Waals surface area contributed by atoms with Gasteiger partial charge in [-0.05, 0) is 346 Å². The molecule has 0 aliphatic carbocycles. The van der Waals surface area contributed by atoms with Gasteiger partial charge in [0.1, 0.15) is 0 Å². The minimum absolute atomic E-state index is 0.164. The van der Waals surface area contributed by atoms with Crippen LogP contribution in [0.5, 0.6) is 11.5 Å². The van der Waals surface area contributed by atoms with Crippen LogP contribution in [-0.2, 0) is 24.7 Å². The van der Waals surface area contributed by atoms with E-state index in [-0.39, 0.29) is 5.41 Å². The molecule has 0 amide bonds. The lowest BCUT2D eigenvalue weighted by Gasteiger charge is -2.33. The Hall–Kier alpha value is -12.9. The van der Waals surface area contributed by atoms with E-state index < -0.39 is 0 Å². The molecule has 0 bridgehead atoms. The lowest BCUT2D eigenvalue weighted by atomic mass is 9.87. The van der Waals surface area contributed by atoms with Crippen molar-refractivity contribution in [1.82, 2.24) is 0 Å². The molecule has 1 aliphatic heterocycles. The van der Waals surface area contributed by atoms with Crippen LogP contribution in [0.3, 0.4) is 0 Å². The van der Waals surface area contributed by atoms with Gasteiger partial charge in [0.15, 0.2) is 11.5 Å². The lowest BCUT2D eigenvalue weighted by molar-refractivity contribution is 0.476. The summed E-state index contributed by atoms with van der Waals surface area (Å²) in [5, 5.41) is 0. The molecule has 15 aromatic carbocycles. The molecule has 1 aliphatic rings. The van der Waals surface area contributed by atoms with E-state index in [1.807, 2.05) is 0 Å². The summed E-state index contributed by atoms with van der Waals surface area (Å²) in [5.74, 6) is 2.43. The first kappa shape index (κ1) is 94.2. The number of hydrogen-bond acceptors (Lipinski definition) is 6. The fourth-order valence-electron chi connectivity index (χ4n) is 15.9. The first-order valence-electron chi connectivity index (χ1n) is 46.8. The predicted molar refractivity (Wildman–Crippen MR) is 556 cm³/mol. The van der Waals surface area contributed by atoms with Gasteiger partial charge in [0.2, 0.25) is 0 Å². The van der Waals surface area contributed by atoms with Crippen molar-refractivity contribution >= 4 is 85.3 Å². The second-order valence-corrected chi connectivity index (χ2v) is 36.1. The van der Waals surface area contributed by atoms with Gasteiger partial charge in [-0.2, -0.15) is 0 Å². The number of aryl methyl sites for hydroxylation is 13. The maximum absolute atomic E-state index is 6.23. The third kappa shape index (κ3) is 26.2. The third-order valence-corrected chi connectivity index (χ3v) is 24.1. The Kier molecular flexibility index (Phi) is 33.9. The van der Waals surface area contributed by atoms with Crippen molar-refractivity contribution in [3.63, 3.8) is 0 Å². The van der Waals surface area contributed by atoms with Crippen molar-refractivity contribution < 1.29 is 4.74 Å². The van der Waals surface area contributed by atoms with E-state index in [0.29, 0.717) is 5.92 Å². The average Bonchev–Trinajstić information content (AvgIpc) is 0.749. The van der Waals surface area contributed by atoms with Gasteiger partial charge in [-0.3, -0.25) is 0 Å². The zero-order valence-electron chi connectivity index (χ0n) is 79.7. The number of unbranched alkanes of at least 4 members (excludes halogenated alkanes) is 5. The molecule has 6 nitrogen and oxygen atoms in total. The minimum Gasteiger partial charge on any atom is -0.453 e. The number of rotatable bonds is 26. The molecular weight excluding hydrogens is 1550 g/mol. The molecule has 1 atom stereocenters. The largest absolute Gasteiger partial charge is 0.453 e. The number of nitrogens with zero attached hydrogens (tertiary/aromatic N) is 5. The first-order valence-corrected chi connectivity index (χ1v) is 46.8. The maximum Gasteiger partial charge on any atom is 0.151 e. The van der Waals surface area contributed by atoms with Gasteiger partial charge >= 0.3 is 0 Å². The monoisotopic (exact) mass is 1690 g/mol. The van der Waals surface area contributed by atoms with Crippen LogP contribution in [0.15, 0.2) is 352 Å². The van der Waals surface area contributed by atoms with E-state index in [1.54, 1.807) is 0 Å². The normalized spacial score (nSPS) is 11.4. The Morgan fingerprint density at radius 1 is 0.250 bits per heavy atom. The summed E-state index contributed by atoms with van der Waals surface area (Å²) < 4.78 is 6.23. The van der Waals surface area contributed by atoms with Crippen molar-refractivity contribution in [1.29, 1.82) is 0 Å². The van der Waals surface area contributed by atoms with Crippen LogP contribution in [0.2, 0.25) is 0 Å². The highest BCUT2D eigenvalue weighted by molar-refractivity contribution is 5.87. The van der Waals surface area contributed by atoms with Crippen molar-refractivity contribution in [2.45, 2.75) is 213 Å². The maximum atomic E-state index is 6.23. The molecule has 15 aromatic rings. The number of hydrogen-bond donors (Lipinski definition) is 0. The van der Waals surface area contributed by atoms with Crippen LogP contribution in [0.1, 0.15) is 203 Å². The summed E-state index contributed by atoms with van der Waals surface area (Å²) in [6.07, 6.45) is 14.8. The summed E-state index contributed by atoms with van der Waals surface area (Å²) >= 11 is 0. The van der Waals surface area contributed by atoms with Crippen LogP contribution < -0.4 is 29.2 Å². The Bertz CT molecular complexity index is 5620. The smallest absolute Gasteiger partial charge is 0.151 e. The lowest BCUT2D eigenvalue weighted by Crippen LogP contribution is -2.16. The van der Waals surface area contributed by atoms with E-state index in [9.17, 15) is 0 Å². The predicted octanol–water partition coefficient (Wildman–Crippen LogP) is 36.6. The van der Waals surface area contributed by atoms with Gasteiger partial charge in [-0.25, -0.2) is 0 Å². The molecule has 0 spiro atoms. The zero-order chi connectivity index (χ0) is 90.6. The Balaban J connectivity index is 0.000000145. The third-order valence-electron chi connectivity index (χ3n) is 24.1. The molecule has 128 heavy (non-hydrogen) atoms. The van der Waals surface area contributed by atoms with Gasteiger partial charge in [-0.15, -0.1) is 0 Å². The molecule has 16 rings (SSSR count). The van der Waals surface area contributed by atoms with Crippen molar-refractivity contribution in [2.24, 2.45) is 0 Å². The fourth-order valence-corrected chi connectivity index (χ4v) is 15.9. The van der Waals surface area contributed by atoms with E-state index in [1.165, 1.54) is 222 Å². The zero-order valence-corrected chi connectivity index (χ0v) is 79.7. The Labute approximate surface area is 769 Å². The molecule has 0 aromatic heterocycles. The van der Waals surface area contributed by atoms with Crippen molar-refractivity contribution in [2.75, 3.05) is 24.5 Å². The first-order chi connectivity index (χ1) is 61.9. The summed E-state index contributed by atoms with van der Waals surface area (Å²) in [4.78, 5) is 11.6. The SMILES string of the molecule is CCC(C)c1ccc(N(c2ccc(C)cc2)c2ccc(C)cc2)cc1.CCCCCCc1ccc(N(c2ccc(C)cc2)c2ccc(C)cc2)cc1.CCCCc1ccc(N(c2ccc(C)cc2)c2ccc(C)cc2)cc1.CCCCc1ccc(N2c3ccc(C)cc3Oc3cc(C)ccc32)cc1.Cc1ccc(N(c2ccc(C)cc2)c2ccc(C(C)(C)C)cc2)cc1. The van der Waals surface area contributed by atoms with E-state index in [2.05, 4.69) is 501 Å². The summed E-state index contributed by atoms with van der Waals surface area (Å²) in [5.41, 5.74) is 37.4. The van der Waals surface area contributed by atoms with Crippen LogP contribution in [0, 0.1) is 69.2 Å². The van der Waals surface area contributed by atoms with Crippen LogP contribution in [0.25, 0.3) is 0 Å². The molecule has 6 heteroatoms. The van der Waals surface area contributed by atoms with E-state index >= 15 is 0 Å². The topological polar surface area (TPSA) is 25.4 Å². The van der Waals surface area contributed by atoms with Crippen LogP contribution >= 0.6 is 0 Å². The number of anilines is 15. The van der Waals surface area contributed by atoms with Gasteiger partial charge in [0.25, 0.3) is 0 Å². The number of benzene rings is 15. The van der Waals surface area contributed by atoms with Crippen molar-refractivity contribution in [3.05, 3.63) is 435 Å². The second-order valence-electron chi connectivity index (χ2n) is 36.1. The summed E-state index contributed by atoms with van der Waals surface area (Å²) in [6, 6.07) is 128. The molecule has 0 fully saturated rings. The van der Waals surface area contributed by atoms with Crippen LogP contribution in [-0.4, -0.2) is 0 Å². The summed E-state index contributed by atoms with van der Waals surface area (Å²) in [7, 11) is 0. The van der Waals surface area contributed by atoms with Gasteiger partial charge in [0, 0.05) is 73.9 Å². The average molecular weight is 1690 g/mol. The molecule has 0 saturated heterocycles. The number of ether oxygens (including phenoxy) is 1. The van der Waals surface area contributed by atoms with Crippen molar-refractivity contribution in [3.8, 4) is 11.5 Å². The van der Waals surface area contributed by atoms with Gasteiger partial charge in [0.05, 0.1) is 11.4 Å². The highest BCUT2D eigenvalue weighted by atomic mass is 16.5. The fraction of sp³-hybridized carbons (Fsp3) is 0.262. The molecule has 656 valence electrons. The molecular formula is C122H137N5O. The highest BCUT2D eigenvalue weighted by Crippen LogP contribution is 2.51. The van der Waals surface area contributed by atoms with Crippen LogP contribution in [0.4, 0.5) is 85.3 Å². The quantitative estimate of drug-likeness (QED) is 0.0501. The molecule has 1 unspecified atom stereocenters. The van der Waals surface area contributed by atoms with Gasteiger partial charge < -0.3 is 29.2 Å². The highest BCUT2D eigenvalue weighted by Gasteiger charge is 2.27. The van der Waals surface area contributed by atoms with E-state index in [0.717, 1.165) is 35.7 Å². The Morgan fingerprint density at radius 2 is 0.477 bits per heavy atom. The molecule has 1 heterocycles. The molecule has 0 radical (unpaired) electrons. The summed E-state index contributed by atoms with van der Waals surface area (Å²) in [6.45, 7) is 39.2. The molecule has 0 N–H and O–H groups in total. The minimum atomic E-state index is 0.164. The van der Waals surface area contributed by atoms with Gasteiger partial charge in [-0.1, -0.05) is 302 Å².